The van der Waals surface area contributed by atoms with E-state index in [0.717, 1.165) is 18.4 Å². The molecule has 0 fully saturated rings. The zero-order valence-corrected chi connectivity index (χ0v) is 16.3. The molecule has 0 saturated heterocycles. The van der Waals surface area contributed by atoms with Crippen molar-refractivity contribution in [3.63, 3.8) is 0 Å². The van der Waals surface area contributed by atoms with E-state index in [2.05, 4.69) is 17.3 Å². The fraction of sp³-hybridized carbons (Fsp3) is 0.412. The highest BCUT2D eigenvalue weighted by atomic mass is 35.5. The van der Waals surface area contributed by atoms with Crippen LogP contribution in [-0.2, 0) is 4.79 Å². The Kier molecular flexibility index (Phi) is 5.51. The fourth-order valence-electron chi connectivity index (χ4n) is 3.08. The zero-order chi connectivity index (χ0) is 18.1. The molecule has 0 aliphatic carbocycles. The van der Waals surface area contributed by atoms with Gasteiger partial charge in [0.15, 0.2) is 0 Å². The van der Waals surface area contributed by atoms with E-state index in [1.54, 1.807) is 16.8 Å². The summed E-state index contributed by atoms with van der Waals surface area (Å²) < 4.78 is 1.77. The quantitative estimate of drug-likeness (QED) is 0.787. The molecule has 8 heteroatoms. The van der Waals surface area contributed by atoms with Gasteiger partial charge in [-0.15, -0.1) is 11.8 Å². The van der Waals surface area contributed by atoms with Gasteiger partial charge in [0, 0.05) is 16.1 Å². The second-order valence-electron chi connectivity index (χ2n) is 6.12. The zero-order valence-electron chi connectivity index (χ0n) is 13.9. The summed E-state index contributed by atoms with van der Waals surface area (Å²) in [6.07, 6.45) is 1.87. The predicted molar refractivity (Wildman–Crippen MR) is 104 cm³/mol. The maximum absolute atomic E-state index is 12.7. The molecular formula is C17H19Cl2N3O2S. The minimum atomic E-state index is -0.336. The Bertz CT molecular complexity index is 862. The van der Waals surface area contributed by atoms with E-state index >= 15 is 0 Å². The van der Waals surface area contributed by atoms with Crippen molar-refractivity contribution >= 4 is 46.7 Å². The van der Waals surface area contributed by atoms with E-state index in [1.807, 2.05) is 13.0 Å². The van der Waals surface area contributed by atoms with Gasteiger partial charge in [-0.1, -0.05) is 42.6 Å². The maximum Gasteiger partial charge on any atom is 0.270 e. The molecule has 1 aromatic carbocycles. The van der Waals surface area contributed by atoms with Gasteiger partial charge in [-0.05, 0) is 31.0 Å². The van der Waals surface area contributed by atoms with Gasteiger partial charge in [0.05, 0.1) is 16.6 Å². The number of carbonyl (C=O) groups is 1. The molecular weight excluding hydrogens is 381 g/mol. The number of hydrogen-bond acceptors (Lipinski definition) is 3. The molecule has 0 spiro atoms. The Morgan fingerprint density at radius 3 is 2.80 bits per heavy atom. The van der Waals surface area contributed by atoms with Gasteiger partial charge in [-0.25, -0.2) is 0 Å². The number of rotatable bonds is 4. The lowest BCUT2D eigenvalue weighted by molar-refractivity contribution is -0.113. The van der Waals surface area contributed by atoms with Crippen LogP contribution in [0.3, 0.4) is 0 Å². The van der Waals surface area contributed by atoms with Crippen molar-refractivity contribution in [2.75, 3.05) is 11.1 Å². The van der Waals surface area contributed by atoms with E-state index < -0.39 is 0 Å². The van der Waals surface area contributed by atoms with Gasteiger partial charge >= 0.3 is 0 Å². The number of aromatic amines is 1. The van der Waals surface area contributed by atoms with Crippen molar-refractivity contribution in [1.82, 2.24) is 9.78 Å². The Balaban J connectivity index is 2.16. The molecule has 25 heavy (non-hydrogen) atoms. The van der Waals surface area contributed by atoms with Crippen molar-refractivity contribution in [2.45, 2.75) is 38.0 Å². The molecule has 3 rings (SSSR count). The van der Waals surface area contributed by atoms with Crippen molar-refractivity contribution in [3.8, 4) is 0 Å². The van der Waals surface area contributed by atoms with Crippen LogP contribution in [0.25, 0.3) is 0 Å². The number of hydrogen-bond donors (Lipinski definition) is 2. The highest BCUT2D eigenvalue weighted by Gasteiger charge is 2.32. The number of aromatic nitrogens is 2. The van der Waals surface area contributed by atoms with Crippen molar-refractivity contribution < 1.29 is 4.79 Å². The number of nitrogens with zero attached hydrogens (tertiary/aromatic N) is 1. The molecule has 2 heterocycles. The van der Waals surface area contributed by atoms with Crippen LogP contribution >= 0.6 is 35.0 Å². The average Bonchev–Trinajstić information content (AvgIpc) is 2.75. The topological polar surface area (TPSA) is 66.9 Å². The first-order valence-corrected chi connectivity index (χ1v) is 9.93. The third kappa shape index (κ3) is 3.61. The number of nitrogens with one attached hydrogen (secondary N) is 2. The van der Waals surface area contributed by atoms with E-state index in [9.17, 15) is 9.59 Å². The molecule has 5 nitrogen and oxygen atoms in total. The predicted octanol–water partition coefficient (Wildman–Crippen LogP) is 4.62. The van der Waals surface area contributed by atoms with Crippen LogP contribution in [-0.4, -0.2) is 21.4 Å². The number of carbonyl (C=O) groups excluding carboxylic acids is 1. The van der Waals surface area contributed by atoms with Gasteiger partial charge < -0.3 is 5.32 Å². The summed E-state index contributed by atoms with van der Waals surface area (Å²) in [5.74, 6) is 0.659. The summed E-state index contributed by atoms with van der Waals surface area (Å²) in [7, 11) is 0. The molecule has 0 bridgehead atoms. The first kappa shape index (κ1) is 18.4. The van der Waals surface area contributed by atoms with E-state index in [-0.39, 0.29) is 28.5 Å². The first-order valence-electron chi connectivity index (χ1n) is 8.13. The molecule has 1 aliphatic heterocycles. The molecule has 2 unspecified atom stereocenters. The summed E-state index contributed by atoms with van der Waals surface area (Å²) in [5, 5.41) is 6.45. The van der Waals surface area contributed by atoms with Crippen LogP contribution in [0.5, 0.6) is 0 Å². The number of anilines is 1. The van der Waals surface area contributed by atoms with Gasteiger partial charge in [0.1, 0.15) is 5.82 Å². The molecule has 0 saturated carbocycles. The Hall–Kier alpha value is -1.37. The Morgan fingerprint density at radius 1 is 1.36 bits per heavy atom. The molecule has 1 aliphatic rings. The highest BCUT2D eigenvalue weighted by Crippen LogP contribution is 2.43. The van der Waals surface area contributed by atoms with Crippen LogP contribution in [0.15, 0.2) is 23.0 Å². The lowest BCUT2D eigenvalue weighted by atomic mass is 10.1. The highest BCUT2D eigenvalue weighted by molar-refractivity contribution is 8.00. The maximum atomic E-state index is 12.7. The SMILES string of the molecule is CCCC(C)n1[nH]c(=O)c2c1NC(=O)CSC2c1ccc(Cl)cc1Cl. The largest absolute Gasteiger partial charge is 0.310 e. The Labute approximate surface area is 160 Å². The van der Waals surface area contributed by atoms with E-state index in [4.69, 9.17) is 23.2 Å². The van der Waals surface area contributed by atoms with Crippen LogP contribution in [0.4, 0.5) is 5.82 Å². The second-order valence-corrected chi connectivity index (χ2v) is 8.05. The average molecular weight is 400 g/mol. The molecule has 1 amide bonds. The minimum absolute atomic E-state index is 0.0752. The standard InChI is InChI=1S/C17H19Cl2N3O2S/c1-3-4-9(2)22-16-14(17(24)21-22)15(25-8-13(23)20-16)11-6-5-10(18)7-12(11)19/h5-7,9,15H,3-4,8H2,1-2H3,(H,20,23)(H,21,24). The van der Waals surface area contributed by atoms with Crippen molar-refractivity contribution in [3.05, 3.63) is 49.7 Å². The third-order valence-corrected chi connectivity index (χ3v) is 6.07. The van der Waals surface area contributed by atoms with Crippen LogP contribution in [0.2, 0.25) is 10.0 Å². The molecule has 134 valence electrons. The van der Waals surface area contributed by atoms with Gasteiger partial charge in [0.25, 0.3) is 5.56 Å². The van der Waals surface area contributed by atoms with Gasteiger partial charge in [-0.3, -0.25) is 19.4 Å². The van der Waals surface area contributed by atoms with Crippen LogP contribution in [0.1, 0.15) is 49.1 Å². The third-order valence-electron chi connectivity index (χ3n) is 4.26. The number of fused-ring (bicyclic) bond motifs is 1. The number of benzene rings is 1. The summed E-state index contributed by atoms with van der Waals surface area (Å²) in [6.45, 7) is 4.11. The lowest BCUT2D eigenvalue weighted by Gasteiger charge is -2.17. The lowest BCUT2D eigenvalue weighted by Crippen LogP contribution is -2.18. The van der Waals surface area contributed by atoms with Gasteiger partial charge in [-0.2, -0.15) is 0 Å². The molecule has 2 N–H and O–H groups in total. The van der Waals surface area contributed by atoms with Crippen molar-refractivity contribution in [1.29, 1.82) is 0 Å². The first-order chi connectivity index (χ1) is 11.9. The van der Waals surface area contributed by atoms with Crippen LogP contribution in [0, 0.1) is 0 Å². The van der Waals surface area contributed by atoms with Gasteiger partial charge in [0.2, 0.25) is 5.91 Å². The summed E-state index contributed by atoms with van der Waals surface area (Å²) in [4.78, 5) is 24.9. The number of amides is 1. The van der Waals surface area contributed by atoms with Crippen molar-refractivity contribution in [2.24, 2.45) is 0 Å². The fourth-order valence-corrected chi connectivity index (χ4v) is 4.82. The smallest absolute Gasteiger partial charge is 0.270 e. The normalized spacial score (nSPS) is 18.4. The molecule has 0 radical (unpaired) electrons. The minimum Gasteiger partial charge on any atom is -0.310 e. The number of halogens is 2. The molecule has 2 atom stereocenters. The number of thioether (sulfide) groups is 1. The summed E-state index contributed by atoms with van der Waals surface area (Å²) in [5.41, 5.74) is 1.10. The number of H-pyrrole nitrogens is 1. The Morgan fingerprint density at radius 2 is 2.12 bits per heavy atom. The monoisotopic (exact) mass is 399 g/mol. The molecule has 1 aromatic heterocycles. The second kappa shape index (κ2) is 7.48. The van der Waals surface area contributed by atoms with Crippen LogP contribution < -0.4 is 10.9 Å². The summed E-state index contributed by atoms with van der Waals surface area (Å²) in [6, 6.07) is 5.29. The summed E-state index contributed by atoms with van der Waals surface area (Å²) >= 11 is 13.7. The molecule has 2 aromatic rings. The van der Waals surface area contributed by atoms with E-state index in [1.165, 1.54) is 11.8 Å². The van der Waals surface area contributed by atoms with E-state index in [0.29, 0.717) is 21.4 Å².